The highest BCUT2D eigenvalue weighted by atomic mass is 16.3. The van der Waals surface area contributed by atoms with Gasteiger partial charge in [0, 0.05) is 37.1 Å². The van der Waals surface area contributed by atoms with Gasteiger partial charge in [-0.05, 0) is 18.9 Å². The number of furan rings is 1. The van der Waals surface area contributed by atoms with Crippen LogP contribution in [0, 0.1) is 0 Å². The summed E-state index contributed by atoms with van der Waals surface area (Å²) in [6, 6.07) is 12.2. The summed E-state index contributed by atoms with van der Waals surface area (Å²) in [7, 11) is 0. The Balaban J connectivity index is 1.84. The van der Waals surface area contributed by atoms with Crippen LogP contribution in [0.25, 0.3) is 11.3 Å². The highest BCUT2D eigenvalue weighted by molar-refractivity contribution is 5.76. The Morgan fingerprint density at radius 1 is 1.29 bits per heavy atom. The summed E-state index contributed by atoms with van der Waals surface area (Å²) < 4.78 is 6.02. The lowest BCUT2D eigenvalue weighted by molar-refractivity contribution is -0.131. The molecule has 1 aromatic carbocycles. The maximum atomic E-state index is 12.1. The van der Waals surface area contributed by atoms with Gasteiger partial charge in [0.15, 0.2) is 0 Å². The molecule has 2 heterocycles. The van der Waals surface area contributed by atoms with E-state index < -0.39 is 0 Å². The summed E-state index contributed by atoms with van der Waals surface area (Å²) in [5.74, 6) is 2.21. The minimum Gasteiger partial charge on any atom is -0.461 e. The highest BCUT2D eigenvalue weighted by Crippen LogP contribution is 2.29. The molecule has 1 aliphatic rings. The van der Waals surface area contributed by atoms with Crippen LogP contribution in [0.2, 0.25) is 0 Å². The number of rotatable bonds is 3. The van der Waals surface area contributed by atoms with Crippen molar-refractivity contribution in [3.05, 3.63) is 47.7 Å². The molecule has 0 radical (unpaired) electrons. The molecule has 0 spiro atoms. The molecular weight excluding hydrogens is 262 g/mol. The van der Waals surface area contributed by atoms with Crippen molar-refractivity contribution < 1.29 is 9.21 Å². The van der Waals surface area contributed by atoms with Gasteiger partial charge >= 0.3 is 0 Å². The minimum atomic E-state index is 0.257. The van der Waals surface area contributed by atoms with E-state index in [1.165, 1.54) is 0 Å². The van der Waals surface area contributed by atoms with E-state index in [4.69, 9.17) is 4.42 Å². The van der Waals surface area contributed by atoms with Crippen LogP contribution in [0.4, 0.5) is 0 Å². The fourth-order valence-corrected chi connectivity index (χ4v) is 2.86. The molecule has 0 saturated heterocycles. The van der Waals surface area contributed by atoms with Crippen molar-refractivity contribution in [2.45, 2.75) is 39.2 Å². The molecule has 0 atom stereocenters. The van der Waals surface area contributed by atoms with Gasteiger partial charge in [0.2, 0.25) is 5.91 Å². The van der Waals surface area contributed by atoms with E-state index in [1.807, 2.05) is 30.0 Å². The zero-order valence-corrected chi connectivity index (χ0v) is 12.5. The number of nitrogens with zero attached hydrogens (tertiary/aromatic N) is 1. The average Bonchev–Trinajstić information content (AvgIpc) is 2.80. The quantitative estimate of drug-likeness (QED) is 0.852. The number of amides is 1. The maximum absolute atomic E-state index is 12.1. The number of fused-ring (bicyclic) bond motifs is 1. The first-order valence-electron chi connectivity index (χ1n) is 7.72. The van der Waals surface area contributed by atoms with E-state index in [9.17, 15) is 4.79 Å². The van der Waals surface area contributed by atoms with Crippen LogP contribution < -0.4 is 0 Å². The van der Waals surface area contributed by atoms with Crippen LogP contribution in [0.5, 0.6) is 0 Å². The topological polar surface area (TPSA) is 33.5 Å². The Bertz CT molecular complexity index is 615. The molecule has 2 aromatic rings. The van der Waals surface area contributed by atoms with Gasteiger partial charge in [-0.15, -0.1) is 0 Å². The second-order valence-electron chi connectivity index (χ2n) is 5.59. The fourth-order valence-electron chi connectivity index (χ4n) is 2.86. The molecule has 0 aliphatic carbocycles. The van der Waals surface area contributed by atoms with Crippen LogP contribution in [-0.2, 0) is 17.8 Å². The van der Waals surface area contributed by atoms with Crippen LogP contribution >= 0.6 is 0 Å². The summed E-state index contributed by atoms with van der Waals surface area (Å²) in [4.78, 5) is 14.1. The third-order valence-corrected chi connectivity index (χ3v) is 3.96. The van der Waals surface area contributed by atoms with Gasteiger partial charge < -0.3 is 9.32 Å². The van der Waals surface area contributed by atoms with Gasteiger partial charge in [-0.3, -0.25) is 4.79 Å². The first-order valence-corrected chi connectivity index (χ1v) is 7.72. The van der Waals surface area contributed by atoms with Crippen LogP contribution in [-0.4, -0.2) is 17.4 Å². The maximum Gasteiger partial charge on any atom is 0.222 e. The molecule has 1 aliphatic heterocycles. The Morgan fingerprint density at radius 2 is 2.10 bits per heavy atom. The van der Waals surface area contributed by atoms with Crippen molar-refractivity contribution in [2.24, 2.45) is 0 Å². The van der Waals surface area contributed by atoms with Crippen molar-refractivity contribution in [3.8, 4) is 11.3 Å². The minimum absolute atomic E-state index is 0.257. The first-order chi connectivity index (χ1) is 10.3. The molecule has 0 N–H and O–H groups in total. The van der Waals surface area contributed by atoms with Gasteiger partial charge in [0.1, 0.15) is 11.5 Å². The summed E-state index contributed by atoms with van der Waals surface area (Å²) in [6.07, 6.45) is 3.43. The fraction of sp³-hybridized carbons (Fsp3) is 0.389. The molecule has 0 bridgehead atoms. The summed E-state index contributed by atoms with van der Waals surface area (Å²) in [5, 5.41) is 0. The molecule has 21 heavy (non-hydrogen) atoms. The second-order valence-corrected chi connectivity index (χ2v) is 5.59. The summed E-state index contributed by atoms with van der Waals surface area (Å²) >= 11 is 0. The zero-order chi connectivity index (χ0) is 14.7. The lowest BCUT2D eigenvalue weighted by Crippen LogP contribution is -2.30. The van der Waals surface area contributed by atoms with E-state index in [1.54, 1.807) is 0 Å². The molecule has 1 aromatic heterocycles. The third kappa shape index (κ3) is 3.02. The predicted octanol–water partition coefficient (Wildman–Crippen LogP) is 4.02. The lowest BCUT2D eigenvalue weighted by atomic mass is 10.1. The van der Waals surface area contributed by atoms with E-state index in [2.05, 4.69) is 18.2 Å². The molecule has 3 heteroatoms. The van der Waals surface area contributed by atoms with Gasteiger partial charge in [0.25, 0.3) is 0 Å². The Hall–Kier alpha value is -2.03. The van der Waals surface area contributed by atoms with Crippen LogP contribution in [0.1, 0.15) is 37.5 Å². The van der Waals surface area contributed by atoms with Gasteiger partial charge in [-0.1, -0.05) is 37.3 Å². The number of hydrogen-bond acceptors (Lipinski definition) is 2. The summed E-state index contributed by atoms with van der Waals surface area (Å²) in [6.45, 7) is 3.57. The van der Waals surface area contributed by atoms with Crippen molar-refractivity contribution >= 4 is 5.91 Å². The van der Waals surface area contributed by atoms with Crippen molar-refractivity contribution in [3.63, 3.8) is 0 Å². The molecule has 0 fully saturated rings. The average molecular weight is 283 g/mol. The predicted molar refractivity (Wildman–Crippen MR) is 82.8 cm³/mol. The van der Waals surface area contributed by atoms with Gasteiger partial charge in [-0.25, -0.2) is 0 Å². The van der Waals surface area contributed by atoms with E-state index >= 15 is 0 Å². The van der Waals surface area contributed by atoms with E-state index in [0.29, 0.717) is 13.0 Å². The SMILES string of the molecule is CCCC(=O)N1CCCc2oc(-c3ccccc3)cc2C1. The number of benzene rings is 1. The molecule has 110 valence electrons. The smallest absolute Gasteiger partial charge is 0.222 e. The van der Waals surface area contributed by atoms with Crippen molar-refractivity contribution in [2.75, 3.05) is 6.54 Å². The second kappa shape index (κ2) is 6.17. The monoisotopic (exact) mass is 283 g/mol. The first kappa shape index (κ1) is 13.9. The highest BCUT2D eigenvalue weighted by Gasteiger charge is 2.21. The van der Waals surface area contributed by atoms with E-state index in [0.717, 1.165) is 48.5 Å². The molecule has 0 saturated carbocycles. The summed E-state index contributed by atoms with van der Waals surface area (Å²) in [5.41, 5.74) is 2.26. The molecule has 3 nitrogen and oxygen atoms in total. The normalized spacial score (nSPS) is 14.6. The van der Waals surface area contributed by atoms with Gasteiger partial charge in [0.05, 0.1) is 0 Å². The molecule has 0 unspecified atom stereocenters. The molecule has 1 amide bonds. The molecule has 3 rings (SSSR count). The third-order valence-electron chi connectivity index (χ3n) is 3.96. The van der Waals surface area contributed by atoms with Crippen LogP contribution in [0.15, 0.2) is 40.8 Å². The Morgan fingerprint density at radius 3 is 2.86 bits per heavy atom. The molecular formula is C18H21NO2. The standard InChI is InChI=1S/C18H21NO2/c1-2-7-18(20)19-11-6-10-16-15(13-19)12-17(21-16)14-8-4-3-5-9-14/h3-5,8-9,12H,2,6-7,10-11,13H2,1H3. The number of hydrogen-bond donors (Lipinski definition) is 0. The number of carbonyl (C=O) groups excluding carboxylic acids is 1. The Labute approximate surface area is 125 Å². The van der Waals surface area contributed by atoms with E-state index in [-0.39, 0.29) is 5.91 Å². The van der Waals surface area contributed by atoms with Gasteiger partial charge in [-0.2, -0.15) is 0 Å². The van der Waals surface area contributed by atoms with Crippen LogP contribution in [0.3, 0.4) is 0 Å². The number of carbonyl (C=O) groups is 1. The number of aryl methyl sites for hydroxylation is 1. The Kier molecular flexibility index (Phi) is 4.09. The largest absolute Gasteiger partial charge is 0.461 e. The van der Waals surface area contributed by atoms with Crippen molar-refractivity contribution in [1.82, 2.24) is 4.90 Å². The van der Waals surface area contributed by atoms with Crippen molar-refractivity contribution in [1.29, 1.82) is 0 Å². The zero-order valence-electron chi connectivity index (χ0n) is 12.5. The lowest BCUT2D eigenvalue weighted by Gasteiger charge is -2.19.